The lowest BCUT2D eigenvalue weighted by Gasteiger charge is -2.34. The van der Waals surface area contributed by atoms with E-state index in [-0.39, 0.29) is 0 Å². The summed E-state index contributed by atoms with van der Waals surface area (Å²) in [6, 6.07) is 4.64. The van der Waals surface area contributed by atoms with E-state index in [0.29, 0.717) is 6.04 Å². The standard InChI is InChI=1S/C16H21N3OS2/c1-2-6-18(5-1)16-17-14(12-22-16)15-11-20-8-7-19(15)10-13-4-3-9-21-13/h3-4,9,12,15H,1-2,5-8,10-11H2. The molecule has 22 heavy (non-hydrogen) atoms. The molecule has 1 atom stereocenters. The van der Waals surface area contributed by atoms with Crippen LogP contribution in [0.4, 0.5) is 5.13 Å². The molecule has 0 radical (unpaired) electrons. The number of anilines is 1. The van der Waals surface area contributed by atoms with Crippen LogP contribution in [0.3, 0.4) is 0 Å². The van der Waals surface area contributed by atoms with E-state index in [4.69, 9.17) is 9.72 Å². The second-order valence-corrected chi connectivity index (χ2v) is 7.76. The second-order valence-electron chi connectivity index (χ2n) is 5.89. The summed E-state index contributed by atoms with van der Waals surface area (Å²) in [4.78, 5) is 11.3. The number of morpholine rings is 1. The summed E-state index contributed by atoms with van der Waals surface area (Å²) in [5, 5.41) is 5.57. The van der Waals surface area contributed by atoms with Gasteiger partial charge in [0.2, 0.25) is 0 Å². The molecular weight excluding hydrogens is 314 g/mol. The zero-order chi connectivity index (χ0) is 14.8. The first kappa shape index (κ1) is 14.6. The molecule has 2 saturated heterocycles. The van der Waals surface area contributed by atoms with Crippen LogP contribution < -0.4 is 4.90 Å². The molecular formula is C16H21N3OS2. The molecule has 0 amide bonds. The smallest absolute Gasteiger partial charge is 0.185 e. The third-order valence-corrected chi connectivity index (χ3v) is 6.19. The highest BCUT2D eigenvalue weighted by Gasteiger charge is 2.28. The van der Waals surface area contributed by atoms with Crippen molar-refractivity contribution in [2.75, 3.05) is 37.7 Å². The van der Waals surface area contributed by atoms with E-state index in [2.05, 4.69) is 32.7 Å². The van der Waals surface area contributed by atoms with E-state index >= 15 is 0 Å². The van der Waals surface area contributed by atoms with Crippen molar-refractivity contribution in [3.05, 3.63) is 33.5 Å². The molecule has 2 aromatic rings. The lowest BCUT2D eigenvalue weighted by atomic mass is 10.1. The maximum Gasteiger partial charge on any atom is 0.185 e. The molecule has 4 nitrogen and oxygen atoms in total. The van der Waals surface area contributed by atoms with Gasteiger partial charge in [-0.25, -0.2) is 4.98 Å². The van der Waals surface area contributed by atoms with E-state index < -0.39 is 0 Å². The lowest BCUT2D eigenvalue weighted by molar-refractivity contribution is -0.0135. The molecule has 1 unspecified atom stereocenters. The van der Waals surface area contributed by atoms with Crippen molar-refractivity contribution in [3.63, 3.8) is 0 Å². The SMILES string of the molecule is c1csc(CN2CCOCC2c2csc(N3CCCC3)n2)c1. The fourth-order valence-electron chi connectivity index (χ4n) is 3.19. The van der Waals surface area contributed by atoms with Gasteiger partial charge >= 0.3 is 0 Å². The quantitative estimate of drug-likeness (QED) is 0.856. The van der Waals surface area contributed by atoms with Crippen molar-refractivity contribution in [1.82, 2.24) is 9.88 Å². The van der Waals surface area contributed by atoms with Crippen molar-refractivity contribution < 1.29 is 4.74 Å². The molecule has 0 saturated carbocycles. The summed E-state index contributed by atoms with van der Waals surface area (Å²) in [6.45, 7) is 5.89. The zero-order valence-corrected chi connectivity index (χ0v) is 14.2. The van der Waals surface area contributed by atoms with Gasteiger partial charge in [-0.1, -0.05) is 6.07 Å². The van der Waals surface area contributed by atoms with Crippen molar-refractivity contribution in [1.29, 1.82) is 0 Å². The van der Waals surface area contributed by atoms with Gasteiger partial charge in [0.1, 0.15) is 0 Å². The summed E-state index contributed by atoms with van der Waals surface area (Å²) in [5.74, 6) is 0. The van der Waals surface area contributed by atoms with Crippen LogP contribution in [0.5, 0.6) is 0 Å². The number of hydrogen-bond acceptors (Lipinski definition) is 6. The minimum Gasteiger partial charge on any atom is -0.378 e. The predicted molar refractivity (Wildman–Crippen MR) is 91.9 cm³/mol. The number of aromatic nitrogens is 1. The van der Waals surface area contributed by atoms with Gasteiger partial charge in [-0.3, -0.25) is 4.90 Å². The molecule has 2 aliphatic heterocycles. The number of nitrogens with zero attached hydrogens (tertiary/aromatic N) is 3. The minimum atomic E-state index is 0.295. The minimum absolute atomic E-state index is 0.295. The largest absolute Gasteiger partial charge is 0.378 e. The van der Waals surface area contributed by atoms with Crippen LogP contribution in [0.2, 0.25) is 0 Å². The van der Waals surface area contributed by atoms with Crippen molar-refractivity contribution in [2.24, 2.45) is 0 Å². The number of ether oxygens (including phenoxy) is 1. The summed E-state index contributed by atoms with van der Waals surface area (Å²) >= 11 is 3.62. The Morgan fingerprint density at radius 2 is 2.14 bits per heavy atom. The van der Waals surface area contributed by atoms with Crippen molar-refractivity contribution in [3.8, 4) is 0 Å². The van der Waals surface area contributed by atoms with E-state index in [0.717, 1.165) is 39.4 Å². The maximum absolute atomic E-state index is 5.73. The molecule has 6 heteroatoms. The van der Waals surface area contributed by atoms with Crippen LogP contribution in [0.15, 0.2) is 22.9 Å². The second kappa shape index (κ2) is 6.66. The highest BCUT2D eigenvalue weighted by molar-refractivity contribution is 7.13. The summed E-state index contributed by atoms with van der Waals surface area (Å²) in [5.41, 5.74) is 1.18. The van der Waals surface area contributed by atoms with Crippen molar-refractivity contribution in [2.45, 2.75) is 25.4 Å². The van der Waals surface area contributed by atoms with Crippen molar-refractivity contribution >= 4 is 27.8 Å². The van der Waals surface area contributed by atoms with Gasteiger partial charge in [-0.2, -0.15) is 0 Å². The van der Waals surface area contributed by atoms with Crippen LogP contribution in [0.25, 0.3) is 0 Å². The van der Waals surface area contributed by atoms with Gasteiger partial charge in [-0.05, 0) is 24.3 Å². The Balaban J connectivity index is 1.51. The molecule has 4 rings (SSSR count). The first-order valence-electron chi connectivity index (χ1n) is 7.95. The highest BCUT2D eigenvalue weighted by Crippen LogP contribution is 2.31. The summed E-state index contributed by atoms with van der Waals surface area (Å²) in [6.07, 6.45) is 2.60. The fourth-order valence-corrected chi connectivity index (χ4v) is 4.84. The number of thiazole rings is 1. The number of rotatable bonds is 4. The third-order valence-electron chi connectivity index (χ3n) is 4.41. The van der Waals surface area contributed by atoms with E-state index in [1.807, 2.05) is 11.3 Å². The molecule has 0 aliphatic carbocycles. The Morgan fingerprint density at radius 3 is 2.95 bits per heavy atom. The maximum atomic E-state index is 5.73. The molecule has 0 bridgehead atoms. The average molecular weight is 335 g/mol. The molecule has 0 N–H and O–H groups in total. The van der Waals surface area contributed by atoms with Crippen LogP contribution in [-0.2, 0) is 11.3 Å². The molecule has 0 aromatic carbocycles. The third kappa shape index (κ3) is 3.06. The Bertz CT molecular complexity index is 592. The fraction of sp³-hybridized carbons (Fsp3) is 0.562. The Labute approximate surface area is 139 Å². The highest BCUT2D eigenvalue weighted by atomic mass is 32.1. The Hall–Kier alpha value is -0.950. The van der Waals surface area contributed by atoms with Crippen LogP contribution >= 0.6 is 22.7 Å². The molecule has 2 fully saturated rings. The normalized spacial score (nSPS) is 23.3. The van der Waals surface area contributed by atoms with Gasteiger partial charge in [0.05, 0.1) is 24.9 Å². The van der Waals surface area contributed by atoms with E-state index in [1.54, 1.807) is 11.3 Å². The molecule has 2 aliphatic rings. The molecule has 0 spiro atoms. The van der Waals surface area contributed by atoms with Gasteiger partial charge in [0.15, 0.2) is 5.13 Å². The van der Waals surface area contributed by atoms with E-state index in [1.165, 1.54) is 28.5 Å². The van der Waals surface area contributed by atoms with Gasteiger partial charge in [0, 0.05) is 36.4 Å². The van der Waals surface area contributed by atoms with Crippen LogP contribution in [-0.4, -0.2) is 42.7 Å². The predicted octanol–water partition coefficient (Wildman–Crippen LogP) is 3.38. The summed E-state index contributed by atoms with van der Waals surface area (Å²) < 4.78 is 5.73. The molecule has 2 aromatic heterocycles. The summed E-state index contributed by atoms with van der Waals surface area (Å²) in [7, 11) is 0. The van der Waals surface area contributed by atoms with Gasteiger partial charge in [-0.15, -0.1) is 22.7 Å². The Kier molecular flexibility index (Phi) is 4.43. The number of hydrogen-bond donors (Lipinski definition) is 0. The average Bonchev–Trinajstić information content (AvgIpc) is 3.30. The molecule has 4 heterocycles. The Morgan fingerprint density at radius 1 is 1.23 bits per heavy atom. The molecule has 118 valence electrons. The first-order chi connectivity index (χ1) is 10.9. The van der Waals surface area contributed by atoms with Crippen LogP contribution in [0.1, 0.15) is 29.5 Å². The monoisotopic (exact) mass is 335 g/mol. The van der Waals surface area contributed by atoms with Gasteiger partial charge < -0.3 is 9.64 Å². The lowest BCUT2D eigenvalue weighted by Crippen LogP contribution is -2.39. The van der Waals surface area contributed by atoms with Gasteiger partial charge in [0.25, 0.3) is 0 Å². The van der Waals surface area contributed by atoms with E-state index in [9.17, 15) is 0 Å². The number of thiophene rings is 1. The zero-order valence-electron chi connectivity index (χ0n) is 12.6. The topological polar surface area (TPSA) is 28.6 Å². The van der Waals surface area contributed by atoms with Crippen LogP contribution in [0, 0.1) is 0 Å². The first-order valence-corrected chi connectivity index (χ1v) is 9.70.